The Morgan fingerprint density at radius 3 is 2.37 bits per heavy atom. The summed E-state index contributed by atoms with van der Waals surface area (Å²) in [5.41, 5.74) is 0.569. The molecule has 0 bridgehead atoms. The molecule has 0 N–H and O–H groups in total. The van der Waals surface area contributed by atoms with Crippen LogP contribution in [-0.2, 0) is 10.9 Å². The molecule has 1 atom stereocenters. The van der Waals surface area contributed by atoms with E-state index in [1.165, 1.54) is 29.9 Å². The van der Waals surface area contributed by atoms with Gasteiger partial charge < -0.3 is 14.2 Å². The highest BCUT2D eigenvalue weighted by atomic mass is 19.4. The van der Waals surface area contributed by atoms with Gasteiger partial charge in [0.25, 0.3) is 5.56 Å². The number of epoxide rings is 1. The van der Waals surface area contributed by atoms with Gasteiger partial charge in [-0.05, 0) is 41.5 Å². The number of aromatic nitrogens is 1. The topological polar surface area (TPSA) is 53.0 Å². The maximum absolute atomic E-state index is 12.7. The second kappa shape index (κ2) is 7.87. The molecule has 3 aromatic rings. The summed E-state index contributed by atoms with van der Waals surface area (Å²) in [5.74, 6) is 1.03. The summed E-state index contributed by atoms with van der Waals surface area (Å²) in [5, 5.41) is 0. The lowest BCUT2D eigenvalue weighted by Crippen LogP contribution is -2.16. The Balaban J connectivity index is 1.59. The van der Waals surface area contributed by atoms with E-state index < -0.39 is 11.7 Å². The summed E-state index contributed by atoms with van der Waals surface area (Å²) in [6.07, 6.45) is -2.72. The molecule has 1 aromatic heterocycles. The lowest BCUT2D eigenvalue weighted by molar-refractivity contribution is -0.137. The monoisotopic (exact) mass is 417 g/mol. The van der Waals surface area contributed by atoms with Crippen LogP contribution in [0.25, 0.3) is 16.8 Å². The fraction of sp³-hybridized carbons (Fsp3) is 0.227. The summed E-state index contributed by atoms with van der Waals surface area (Å²) < 4.78 is 55.7. The second-order valence-electron chi connectivity index (χ2n) is 6.80. The number of pyridine rings is 1. The highest BCUT2D eigenvalue weighted by molar-refractivity contribution is 5.63. The van der Waals surface area contributed by atoms with Crippen molar-refractivity contribution in [3.05, 3.63) is 76.7 Å². The standard InChI is InChI=1S/C22H18F3NO4/c1-28-20-11-17(6-7-19(20)30-13-18-12-29-18)26-9-8-15(10-21(26)27)14-2-4-16(5-3-14)22(23,24)25/h2-11,18H,12-13H2,1H3. The van der Waals surface area contributed by atoms with Crippen LogP contribution in [0.5, 0.6) is 11.5 Å². The van der Waals surface area contributed by atoms with Crippen LogP contribution in [0, 0.1) is 0 Å². The van der Waals surface area contributed by atoms with Crippen molar-refractivity contribution in [3.63, 3.8) is 0 Å². The van der Waals surface area contributed by atoms with Gasteiger partial charge in [0, 0.05) is 18.3 Å². The fourth-order valence-corrected chi connectivity index (χ4v) is 3.00. The largest absolute Gasteiger partial charge is 0.493 e. The molecule has 0 amide bonds. The van der Waals surface area contributed by atoms with E-state index in [1.807, 2.05) is 0 Å². The zero-order valence-electron chi connectivity index (χ0n) is 16.0. The zero-order chi connectivity index (χ0) is 21.3. The Kier molecular flexibility index (Phi) is 5.26. The molecule has 4 rings (SSSR count). The van der Waals surface area contributed by atoms with Crippen molar-refractivity contribution in [1.29, 1.82) is 0 Å². The van der Waals surface area contributed by atoms with Crippen LogP contribution in [0.1, 0.15) is 5.56 Å². The number of halogens is 3. The number of ether oxygens (including phenoxy) is 3. The molecule has 5 nitrogen and oxygen atoms in total. The Hall–Kier alpha value is -3.26. The fourth-order valence-electron chi connectivity index (χ4n) is 3.00. The molecular weight excluding hydrogens is 399 g/mol. The van der Waals surface area contributed by atoms with Gasteiger partial charge in [0.2, 0.25) is 0 Å². The Morgan fingerprint density at radius 2 is 1.77 bits per heavy atom. The van der Waals surface area contributed by atoms with Gasteiger partial charge in [0.15, 0.2) is 11.5 Å². The lowest BCUT2D eigenvalue weighted by atomic mass is 10.0. The molecule has 1 aliphatic rings. The minimum Gasteiger partial charge on any atom is -0.493 e. The van der Waals surface area contributed by atoms with Gasteiger partial charge in [-0.3, -0.25) is 9.36 Å². The van der Waals surface area contributed by atoms with Crippen LogP contribution < -0.4 is 15.0 Å². The molecule has 0 spiro atoms. The summed E-state index contributed by atoms with van der Waals surface area (Å²) in [4.78, 5) is 12.6. The van der Waals surface area contributed by atoms with Crippen molar-refractivity contribution in [2.24, 2.45) is 0 Å². The Morgan fingerprint density at radius 1 is 1.03 bits per heavy atom. The third kappa shape index (κ3) is 4.33. The molecule has 0 saturated carbocycles. The first-order chi connectivity index (χ1) is 14.3. The molecule has 0 radical (unpaired) electrons. The van der Waals surface area contributed by atoms with Gasteiger partial charge in [-0.15, -0.1) is 0 Å². The van der Waals surface area contributed by atoms with Crippen LogP contribution in [-0.4, -0.2) is 31.0 Å². The van der Waals surface area contributed by atoms with E-state index in [0.29, 0.717) is 41.5 Å². The average molecular weight is 417 g/mol. The third-order valence-corrected chi connectivity index (χ3v) is 4.72. The molecule has 1 fully saturated rings. The summed E-state index contributed by atoms with van der Waals surface area (Å²) >= 11 is 0. The molecular formula is C22H18F3NO4. The molecule has 30 heavy (non-hydrogen) atoms. The van der Waals surface area contributed by atoms with E-state index in [0.717, 1.165) is 12.1 Å². The molecule has 2 aromatic carbocycles. The quantitative estimate of drug-likeness (QED) is 0.561. The smallest absolute Gasteiger partial charge is 0.416 e. The number of hydrogen-bond donors (Lipinski definition) is 0. The predicted octanol–water partition coefficient (Wildman–Crippen LogP) is 4.31. The van der Waals surface area contributed by atoms with E-state index in [4.69, 9.17) is 14.2 Å². The lowest BCUT2D eigenvalue weighted by Gasteiger charge is -2.13. The Bertz CT molecular complexity index is 1100. The maximum atomic E-state index is 12.7. The number of hydrogen-bond acceptors (Lipinski definition) is 4. The average Bonchev–Trinajstić information content (AvgIpc) is 3.56. The van der Waals surface area contributed by atoms with Crippen molar-refractivity contribution < 1.29 is 27.4 Å². The summed E-state index contributed by atoms with van der Waals surface area (Å²) in [7, 11) is 1.51. The van der Waals surface area contributed by atoms with Gasteiger partial charge in [-0.25, -0.2) is 0 Å². The minimum absolute atomic E-state index is 0.106. The maximum Gasteiger partial charge on any atom is 0.416 e. The number of rotatable bonds is 6. The van der Waals surface area contributed by atoms with E-state index in [1.54, 1.807) is 30.5 Å². The zero-order valence-corrected chi connectivity index (χ0v) is 16.0. The number of nitrogens with zero attached hydrogens (tertiary/aromatic N) is 1. The van der Waals surface area contributed by atoms with Crippen molar-refractivity contribution in [2.75, 3.05) is 20.3 Å². The molecule has 1 aliphatic heterocycles. The van der Waals surface area contributed by atoms with E-state index in [9.17, 15) is 18.0 Å². The first-order valence-corrected chi connectivity index (χ1v) is 9.18. The van der Waals surface area contributed by atoms with Crippen LogP contribution in [0.3, 0.4) is 0 Å². The van der Waals surface area contributed by atoms with E-state index >= 15 is 0 Å². The van der Waals surface area contributed by atoms with E-state index in [2.05, 4.69) is 0 Å². The number of alkyl halides is 3. The molecule has 156 valence electrons. The van der Waals surface area contributed by atoms with Crippen LogP contribution in [0.4, 0.5) is 13.2 Å². The second-order valence-corrected chi connectivity index (χ2v) is 6.80. The van der Waals surface area contributed by atoms with Crippen LogP contribution in [0.2, 0.25) is 0 Å². The third-order valence-electron chi connectivity index (χ3n) is 4.72. The van der Waals surface area contributed by atoms with Crippen molar-refractivity contribution >= 4 is 0 Å². The minimum atomic E-state index is -4.40. The van der Waals surface area contributed by atoms with Crippen molar-refractivity contribution in [3.8, 4) is 28.3 Å². The van der Waals surface area contributed by atoms with Gasteiger partial charge in [0.05, 0.1) is 25.0 Å². The predicted molar refractivity (Wildman–Crippen MR) is 104 cm³/mol. The molecule has 1 saturated heterocycles. The first kappa shape index (κ1) is 20.0. The van der Waals surface area contributed by atoms with Crippen LogP contribution >= 0.6 is 0 Å². The van der Waals surface area contributed by atoms with Crippen LogP contribution in [0.15, 0.2) is 65.6 Å². The van der Waals surface area contributed by atoms with Crippen molar-refractivity contribution in [1.82, 2.24) is 4.57 Å². The molecule has 0 aliphatic carbocycles. The normalized spacial score (nSPS) is 15.7. The van der Waals surface area contributed by atoms with Gasteiger partial charge in [-0.1, -0.05) is 12.1 Å². The van der Waals surface area contributed by atoms with Gasteiger partial charge >= 0.3 is 6.18 Å². The highest BCUT2D eigenvalue weighted by Gasteiger charge is 2.30. The van der Waals surface area contributed by atoms with E-state index in [-0.39, 0.29) is 11.7 Å². The highest BCUT2D eigenvalue weighted by Crippen LogP contribution is 2.32. The number of methoxy groups -OCH3 is 1. The van der Waals surface area contributed by atoms with Gasteiger partial charge in [-0.2, -0.15) is 13.2 Å². The number of benzene rings is 2. The SMILES string of the molecule is COc1cc(-n2ccc(-c3ccc(C(F)(F)F)cc3)cc2=O)ccc1OCC1CO1. The molecule has 2 heterocycles. The summed E-state index contributed by atoms with van der Waals surface area (Å²) in [6, 6.07) is 12.9. The van der Waals surface area contributed by atoms with Crippen molar-refractivity contribution in [2.45, 2.75) is 12.3 Å². The first-order valence-electron chi connectivity index (χ1n) is 9.18. The summed E-state index contributed by atoms with van der Waals surface area (Å²) in [6.45, 7) is 1.11. The molecule has 8 heteroatoms. The Labute approximate surface area is 170 Å². The molecule has 1 unspecified atom stereocenters. The van der Waals surface area contributed by atoms with Gasteiger partial charge in [0.1, 0.15) is 12.7 Å².